The van der Waals surface area contributed by atoms with Crippen LogP contribution in [0.15, 0.2) is 0 Å². The maximum atomic E-state index is 11.3. The normalized spacial score (nSPS) is 24.9. The largest absolute Gasteiger partial charge is 0.301 e. The molecule has 18 heavy (non-hydrogen) atoms. The Bertz CT molecular complexity index is 293. The Morgan fingerprint density at radius 3 is 2.28 bits per heavy atom. The van der Waals surface area contributed by atoms with Crippen molar-refractivity contribution in [3.05, 3.63) is 0 Å². The van der Waals surface area contributed by atoms with E-state index in [2.05, 4.69) is 25.8 Å². The van der Waals surface area contributed by atoms with E-state index in [9.17, 15) is 4.79 Å². The minimum atomic E-state index is 0.358. The summed E-state index contributed by atoms with van der Waals surface area (Å²) in [6.45, 7) is 6.39. The summed E-state index contributed by atoms with van der Waals surface area (Å²) < 4.78 is 0. The molecule has 2 nitrogen and oxygen atoms in total. The zero-order chi connectivity index (χ0) is 13.3. The van der Waals surface area contributed by atoms with Crippen molar-refractivity contribution in [3.8, 4) is 0 Å². The molecule has 0 bridgehead atoms. The van der Waals surface area contributed by atoms with Gasteiger partial charge in [0.15, 0.2) is 0 Å². The van der Waals surface area contributed by atoms with E-state index >= 15 is 0 Å². The van der Waals surface area contributed by atoms with Gasteiger partial charge < -0.3 is 9.69 Å². The molecule has 2 heteroatoms. The molecule has 0 amide bonds. The molecule has 0 spiro atoms. The van der Waals surface area contributed by atoms with Crippen molar-refractivity contribution < 1.29 is 4.79 Å². The summed E-state index contributed by atoms with van der Waals surface area (Å²) >= 11 is 0. The number of carbonyl (C=O) groups excluding carboxylic acids is 1. The number of ketones is 1. The summed E-state index contributed by atoms with van der Waals surface area (Å²) in [4.78, 5) is 13.9. The zero-order valence-electron chi connectivity index (χ0n) is 12.5. The van der Waals surface area contributed by atoms with Crippen LogP contribution < -0.4 is 0 Å². The number of rotatable bonds is 8. The van der Waals surface area contributed by atoms with Crippen molar-refractivity contribution in [2.75, 3.05) is 7.05 Å². The van der Waals surface area contributed by atoms with Gasteiger partial charge in [-0.2, -0.15) is 0 Å². The second-order valence-electron chi connectivity index (χ2n) is 6.87. The van der Waals surface area contributed by atoms with Crippen LogP contribution in [-0.2, 0) is 4.79 Å². The summed E-state index contributed by atoms with van der Waals surface area (Å²) in [5.74, 6) is 2.61. The Hall–Kier alpha value is -0.370. The summed E-state index contributed by atoms with van der Waals surface area (Å²) in [5, 5.41) is 0. The average molecular weight is 251 g/mol. The predicted molar refractivity (Wildman–Crippen MR) is 75.5 cm³/mol. The Kier molecular flexibility index (Phi) is 4.47. The van der Waals surface area contributed by atoms with Gasteiger partial charge in [0.1, 0.15) is 5.78 Å². The van der Waals surface area contributed by atoms with Crippen LogP contribution in [0.1, 0.15) is 59.3 Å². The molecule has 0 heterocycles. The maximum Gasteiger partial charge on any atom is 0.130 e. The molecule has 2 saturated carbocycles. The van der Waals surface area contributed by atoms with Crippen LogP contribution in [-0.4, -0.2) is 29.8 Å². The van der Waals surface area contributed by atoms with E-state index in [0.717, 1.165) is 24.3 Å². The van der Waals surface area contributed by atoms with E-state index in [-0.39, 0.29) is 0 Å². The van der Waals surface area contributed by atoms with Crippen molar-refractivity contribution >= 4 is 5.78 Å². The molecule has 0 aromatic carbocycles. The Morgan fingerprint density at radius 1 is 1.22 bits per heavy atom. The molecular formula is C16H29NO. The highest BCUT2D eigenvalue weighted by Gasteiger charge is 2.37. The standard InChI is InChI=1S/C16H29NO/c1-11(9-13(3)18)16(14-5-6-14)10-12(2)17(4)15-7-8-15/h11-12,14-16H,5-10H2,1-4H3. The Labute approximate surface area is 112 Å². The fourth-order valence-electron chi connectivity index (χ4n) is 3.42. The highest BCUT2D eigenvalue weighted by molar-refractivity contribution is 5.75. The van der Waals surface area contributed by atoms with Gasteiger partial charge in [0.25, 0.3) is 0 Å². The number of Topliss-reactive ketones (excluding diaryl/α,β-unsaturated/α-hetero) is 1. The van der Waals surface area contributed by atoms with E-state index in [1.807, 2.05) is 0 Å². The van der Waals surface area contributed by atoms with Crippen molar-refractivity contribution in [3.63, 3.8) is 0 Å². The number of nitrogens with zero attached hydrogens (tertiary/aromatic N) is 1. The molecule has 2 rings (SSSR count). The number of carbonyl (C=O) groups is 1. The molecule has 3 atom stereocenters. The van der Waals surface area contributed by atoms with Crippen LogP contribution in [0, 0.1) is 17.8 Å². The Balaban J connectivity index is 1.86. The molecule has 0 saturated heterocycles. The summed E-state index contributed by atoms with van der Waals surface area (Å²) in [7, 11) is 2.28. The van der Waals surface area contributed by atoms with Gasteiger partial charge in [0.2, 0.25) is 0 Å². The van der Waals surface area contributed by atoms with Crippen LogP contribution in [0.2, 0.25) is 0 Å². The molecule has 0 N–H and O–H groups in total. The molecule has 0 aromatic rings. The van der Waals surface area contributed by atoms with E-state index in [0.29, 0.717) is 17.7 Å². The molecule has 0 aliphatic heterocycles. The summed E-state index contributed by atoms with van der Waals surface area (Å²) in [6, 6.07) is 1.53. The lowest BCUT2D eigenvalue weighted by Gasteiger charge is -2.31. The first-order valence-corrected chi connectivity index (χ1v) is 7.70. The summed E-state index contributed by atoms with van der Waals surface area (Å²) in [5.41, 5.74) is 0. The van der Waals surface area contributed by atoms with Crippen molar-refractivity contribution in [1.29, 1.82) is 0 Å². The van der Waals surface area contributed by atoms with Gasteiger partial charge in [0, 0.05) is 18.5 Å². The van der Waals surface area contributed by atoms with Crippen LogP contribution in [0.5, 0.6) is 0 Å². The molecular weight excluding hydrogens is 222 g/mol. The van der Waals surface area contributed by atoms with E-state index in [1.165, 1.54) is 32.1 Å². The minimum Gasteiger partial charge on any atom is -0.301 e. The lowest BCUT2D eigenvalue weighted by Crippen LogP contribution is -2.34. The molecule has 2 fully saturated rings. The maximum absolute atomic E-state index is 11.3. The fraction of sp³-hybridized carbons (Fsp3) is 0.938. The van der Waals surface area contributed by atoms with E-state index < -0.39 is 0 Å². The van der Waals surface area contributed by atoms with E-state index in [1.54, 1.807) is 6.92 Å². The third-order valence-corrected chi connectivity index (χ3v) is 5.00. The predicted octanol–water partition coefficient (Wildman–Crippen LogP) is 3.50. The van der Waals surface area contributed by atoms with Gasteiger partial charge in [0.05, 0.1) is 0 Å². The number of hydrogen-bond acceptors (Lipinski definition) is 2. The molecule has 2 aliphatic rings. The second kappa shape index (κ2) is 5.73. The highest BCUT2D eigenvalue weighted by Crippen LogP contribution is 2.44. The van der Waals surface area contributed by atoms with Crippen LogP contribution in [0.3, 0.4) is 0 Å². The average Bonchev–Trinajstić information content (AvgIpc) is 3.16. The lowest BCUT2D eigenvalue weighted by molar-refractivity contribution is -0.118. The second-order valence-corrected chi connectivity index (χ2v) is 6.87. The smallest absolute Gasteiger partial charge is 0.130 e. The van der Waals surface area contributed by atoms with Crippen LogP contribution >= 0.6 is 0 Å². The lowest BCUT2D eigenvalue weighted by atomic mass is 9.81. The SMILES string of the molecule is CC(=O)CC(C)C(CC(C)N(C)C1CC1)C1CC1. The molecule has 104 valence electrons. The highest BCUT2D eigenvalue weighted by atomic mass is 16.1. The van der Waals surface area contributed by atoms with E-state index in [4.69, 9.17) is 0 Å². The van der Waals surface area contributed by atoms with Gasteiger partial charge in [-0.1, -0.05) is 6.92 Å². The van der Waals surface area contributed by atoms with Gasteiger partial charge in [-0.25, -0.2) is 0 Å². The first-order valence-electron chi connectivity index (χ1n) is 7.70. The molecule has 0 aromatic heterocycles. The van der Waals surface area contributed by atoms with Crippen molar-refractivity contribution in [1.82, 2.24) is 4.90 Å². The molecule has 2 aliphatic carbocycles. The summed E-state index contributed by atoms with van der Waals surface area (Å²) in [6.07, 6.45) is 7.63. The van der Waals surface area contributed by atoms with Crippen molar-refractivity contribution in [2.24, 2.45) is 17.8 Å². The topological polar surface area (TPSA) is 20.3 Å². The molecule has 3 unspecified atom stereocenters. The van der Waals surface area contributed by atoms with Crippen molar-refractivity contribution in [2.45, 2.75) is 71.4 Å². The molecule has 0 radical (unpaired) electrons. The minimum absolute atomic E-state index is 0.358. The number of hydrogen-bond donors (Lipinski definition) is 0. The monoisotopic (exact) mass is 251 g/mol. The fourth-order valence-corrected chi connectivity index (χ4v) is 3.42. The first kappa shape index (κ1) is 14.0. The first-order chi connectivity index (χ1) is 8.49. The zero-order valence-corrected chi connectivity index (χ0v) is 12.5. The van der Waals surface area contributed by atoms with Gasteiger partial charge in [-0.05, 0) is 70.8 Å². The Morgan fingerprint density at radius 2 is 1.83 bits per heavy atom. The van der Waals surface area contributed by atoms with Gasteiger partial charge in [-0.3, -0.25) is 0 Å². The third kappa shape index (κ3) is 3.81. The van der Waals surface area contributed by atoms with Gasteiger partial charge >= 0.3 is 0 Å². The van der Waals surface area contributed by atoms with Crippen LogP contribution in [0.25, 0.3) is 0 Å². The van der Waals surface area contributed by atoms with Gasteiger partial charge in [-0.15, -0.1) is 0 Å². The third-order valence-electron chi connectivity index (χ3n) is 5.00. The van der Waals surface area contributed by atoms with Crippen LogP contribution in [0.4, 0.5) is 0 Å². The quantitative estimate of drug-likeness (QED) is 0.658.